The number of aromatic nitrogens is 2. The molecule has 0 aliphatic heterocycles. The molecule has 0 radical (unpaired) electrons. The predicted molar refractivity (Wildman–Crippen MR) is 74.7 cm³/mol. The third-order valence-electron chi connectivity index (χ3n) is 2.42. The summed E-state index contributed by atoms with van der Waals surface area (Å²) in [6.45, 7) is 2.16. The van der Waals surface area contributed by atoms with E-state index in [4.69, 9.17) is 5.73 Å². The van der Waals surface area contributed by atoms with Crippen LogP contribution < -0.4 is 5.73 Å². The first-order valence-electron chi connectivity index (χ1n) is 5.30. The molecule has 0 atom stereocenters. The average Bonchev–Trinajstić information content (AvgIpc) is 2.67. The highest BCUT2D eigenvalue weighted by Gasteiger charge is 2.07. The molecule has 2 rings (SSSR count). The molecule has 1 aromatic heterocycles. The molecule has 0 spiro atoms. The van der Waals surface area contributed by atoms with Crippen molar-refractivity contribution in [3.8, 4) is 5.69 Å². The van der Waals surface area contributed by atoms with E-state index in [2.05, 4.69) is 39.1 Å². The lowest BCUT2D eigenvalue weighted by molar-refractivity contribution is 0.808. The second kappa shape index (κ2) is 4.86. The number of nitrogens with two attached hydrogens (primary N) is 1. The van der Waals surface area contributed by atoms with Crippen LogP contribution in [0.25, 0.3) is 5.69 Å². The molecule has 84 valence electrons. The van der Waals surface area contributed by atoms with Gasteiger partial charge in [-0.15, -0.1) is 0 Å². The quantitative estimate of drug-likeness (QED) is 0.696. The van der Waals surface area contributed by atoms with E-state index in [-0.39, 0.29) is 0 Å². The van der Waals surface area contributed by atoms with E-state index in [9.17, 15) is 0 Å². The van der Waals surface area contributed by atoms with Crippen molar-refractivity contribution in [1.82, 2.24) is 9.55 Å². The number of anilines is 1. The number of aryl methyl sites for hydroxylation is 1. The summed E-state index contributed by atoms with van der Waals surface area (Å²) in [5.41, 5.74) is 7.69. The van der Waals surface area contributed by atoms with Crippen LogP contribution in [0.1, 0.15) is 19.2 Å². The van der Waals surface area contributed by atoms with E-state index >= 15 is 0 Å². The van der Waals surface area contributed by atoms with Crippen LogP contribution in [-0.2, 0) is 6.42 Å². The minimum atomic E-state index is 0.797. The number of hydrogen-bond donors (Lipinski definition) is 1. The zero-order valence-electron chi connectivity index (χ0n) is 9.15. The van der Waals surface area contributed by atoms with Gasteiger partial charge in [0.1, 0.15) is 5.82 Å². The number of rotatable bonds is 3. The Labute approximate surface area is 109 Å². The summed E-state index contributed by atoms with van der Waals surface area (Å²) >= 11 is 2.30. The Morgan fingerprint density at radius 2 is 2.25 bits per heavy atom. The second-order valence-electron chi connectivity index (χ2n) is 3.67. The van der Waals surface area contributed by atoms with Crippen molar-refractivity contribution < 1.29 is 0 Å². The number of halogens is 1. The second-order valence-corrected chi connectivity index (χ2v) is 4.84. The number of nitrogens with zero attached hydrogens (tertiary/aromatic N) is 2. The molecule has 0 aliphatic carbocycles. The zero-order chi connectivity index (χ0) is 11.5. The van der Waals surface area contributed by atoms with Crippen LogP contribution in [0.5, 0.6) is 0 Å². The molecular weight excluding hydrogens is 313 g/mol. The third kappa shape index (κ3) is 2.21. The van der Waals surface area contributed by atoms with Gasteiger partial charge in [-0.1, -0.05) is 6.92 Å². The van der Waals surface area contributed by atoms with Crippen LogP contribution in [-0.4, -0.2) is 9.55 Å². The first-order chi connectivity index (χ1) is 7.72. The lowest BCUT2D eigenvalue weighted by Gasteiger charge is -2.09. The molecule has 0 unspecified atom stereocenters. The molecule has 0 bridgehead atoms. The molecule has 0 saturated heterocycles. The average molecular weight is 327 g/mol. The fraction of sp³-hybridized carbons (Fsp3) is 0.250. The smallest absolute Gasteiger partial charge is 0.113 e. The topological polar surface area (TPSA) is 43.8 Å². The normalized spacial score (nSPS) is 10.6. The first kappa shape index (κ1) is 11.4. The van der Waals surface area contributed by atoms with Crippen LogP contribution in [0.3, 0.4) is 0 Å². The summed E-state index contributed by atoms with van der Waals surface area (Å²) in [7, 11) is 0. The fourth-order valence-corrected chi connectivity index (χ4v) is 2.48. The van der Waals surface area contributed by atoms with Gasteiger partial charge < -0.3 is 10.3 Å². The number of imidazole rings is 1. The molecule has 0 saturated carbocycles. The summed E-state index contributed by atoms with van der Waals surface area (Å²) < 4.78 is 3.28. The maximum atomic E-state index is 5.75. The highest BCUT2D eigenvalue weighted by Crippen LogP contribution is 2.21. The minimum Gasteiger partial charge on any atom is -0.399 e. The van der Waals surface area contributed by atoms with E-state index in [1.807, 2.05) is 30.6 Å². The molecule has 2 aromatic rings. The lowest BCUT2D eigenvalue weighted by Crippen LogP contribution is -2.02. The van der Waals surface area contributed by atoms with E-state index in [0.29, 0.717) is 0 Å². The third-order valence-corrected chi connectivity index (χ3v) is 3.29. The zero-order valence-corrected chi connectivity index (χ0v) is 11.3. The van der Waals surface area contributed by atoms with Crippen LogP contribution in [0, 0.1) is 3.57 Å². The van der Waals surface area contributed by atoms with Crippen molar-refractivity contribution in [2.24, 2.45) is 0 Å². The van der Waals surface area contributed by atoms with Gasteiger partial charge in [0.15, 0.2) is 0 Å². The molecule has 1 heterocycles. The van der Waals surface area contributed by atoms with Crippen molar-refractivity contribution in [3.63, 3.8) is 0 Å². The maximum Gasteiger partial charge on any atom is 0.113 e. The number of benzene rings is 1. The van der Waals surface area contributed by atoms with Crippen molar-refractivity contribution in [2.45, 2.75) is 19.8 Å². The summed E-state index contributed by atoms with van der Waals surface area (Å²) in [6, 6.07) is 5.94. The monoisotopic (exact) mass is 327 g/mol. The van der Waals surface area contributed by atoms with Crippen molar-refractivity contribution in [2.75, 3.05) is 5.73 Å². The van der Waals surface area contributed by atoms with E-state index in [0.717, 1.165) is 33.6 Å². The Balaban J connectivity index is 2.46. The Bertz CT molecular complexity index is 491. The molecule has 0 fully saturated rings. The number of hydrogen-bond acceptors (Lipinski definition) is 2. The van der Waals surface area contributed by atoms with Crippen molar-refractivity contribution in [3.05, 3.63) is 40.0 Å². The molecule has 0 aliphatic rings. The predicted octanol–water partition coefficient (Wildman–Crippen LogP) is 3.01. The fourth-order valence-electron chi connectivity index (χ4n) is 1.68. The molecule has 2 N–H and O–H groups in total. The first-order valence-corrected chi connectivity index (χ1v) is 6.38. The summed E-state index contributed by atoms with van der Waals surface area (Å²) in [5, 5.41) is 0. The van der Waals surface area contributed by atoms with Gasteiger partial charge in [-0.25, -0.2) is 4.98 Å². The van der Waals surface area contributed by atoms with Crippen LogP contribution in [0.4, 0.5) is 5.69 Å². The van der Waals surface area contributed by atoms with E-state index in [1.165, 1.54) is 0 Å². The van der Waals surface area contributed by atoms with Crippen LogP contribution >= 0.6 is 22.6 Å². The SMILES string of the molecule is CCCc1nccn1-c1ccc(N)cc1I. The van der Waals surface area contributed by atoms with Gasteiger partial charge in [-0.2, -0.15) is 0 Å². The maximum absolute atomic E-state index is 5.75. The van der Waals surface area contributed by atoms with Gasteiger partial charge in [0.2, 0.25) is 0 Å². The van der Waals surface area contributed by atoms with Gasteiger partial charge in [0.05, 0.1) is 5.69 Å². The van der Waals surface area contributed by atoms with Gasteiger partial charge in [-0.05, 0) is 47.2 Å². The van der Waals surface area contributed by atoms with Gasteiger partial charge in [0.25, 0.3) is 0 Å². The van der Waals surface area contributed by atoms with Crippen molar-refractivity contribution >= 4 is 28.3 Å². The summed E-state index contributed by atoms with van der Waals surface area (Å²) in [4.78, 5) is 4.37. The standard InChI is InChI=1S/C12H14IN3/c1-2-3-12-15-6-7-16(12)11-5-4-9(14)8-10(11)13/h4-8H,2-3,14H2,1H3. The minimum absolute atomic E-state index is 0.797. The summed E-state index contributed by atoms with van der Waals surface area (Å²) in [5.74, 6) is 1.10. The molecule has 0 amide bonds. The molecule has 1 aromatic carbocycles. The van der Waals surface area contributed by atoms with Crippen LogP contribution in [0.15, 0.2) is 30.6 Å². The van der Waals surface area contributed by atoms with Gasteiger partial charge >= 0.3 is 0 Å². The highest BCUT2D eigenvalue weighted by atomic mass is 127. The lowest BCUT2D eigenvalue weighted by atomic mass is 10.2. The molecule has 16 heavy (non-hydrogen) atoms. The van der Waals surface area contributed by atoms with Crippen molar-refractivity contribution in [1.29, 1.82) is 0 Å². The van der Waals surface area contributed by atoms with E-state index < -0.39 is 0 Å². The highest BCUT2D eigenvalue weighted by molar-refractivity contribution is 14.1. The largest absolute Gasteiger partial charge is 0.399 e. The molecular formula is C12H14IN3. The number of nitrogen functional groups attached to an aromatic ring is 1. The Morgan fingerprint density at radius 3 is 2.94 bits per heavy atom. The Hall–Kier alpha value is -1.04. The van der Waals surface area contributed by atoms with Crippen LogP contribution in [0.2, 0.25) is 0 Å². The Kier molecular flexibility index (Phi) is 3.48. The molecule has 3 nitrogen and oxygen atoms in total. The Morgan fingerprint density at radius 1 is 1.44 bits per heavy atom. The summed E-state index contributed by atoms with van der Waals surface area (Å²) in [6.07, 6.45) is 5.94. The molecule has 4 heteroatoms. The van der Waals surface area contributed by atoms with E-state index in [1.54, 1.807) is 0 Å². The van der Waals surface area contributed by atoms with Gasteiger partial charge in [0, 0.05) is 28.1 Å². The van der Waals surface area contributed by atoms with Gasteiger partial charge in [-0.3, -0.25) is 0 Å².